The van der Waals surface area contributed by atoms with Gasteiger partial charge in [-0.2, -0.15) is 0 Å². The van der Waals surface area contributed by atoms with Crippen molar-refractivity contribution in [2.24, 2.45) is 11.3 Å². The van der Waals surface area contributed by atoms with Crippen LogP contribution in [0.3, 0.4) is 0 Å². The van der Waals surface area contributed by atoms with Crippen molar-refractivity contribution in [2.45, 2.75) is 59.4 Å². The van der Waals surface area contributed by atoms with Gasteiger partial charge in [0.05, 0.1) is 0 Å². The Morgan fingerprint density at radius 1 is 1.25 bits per heavy atom. The minimum atomic E-state index is 0.544. The van der Waals surface area contributed by atoms with Crippen LogP contribution in [0, 0.1) is 18.3 Å². The summed E-state index contributed by atoms with van der Waals surface area (Å²) in [4.78, 5) is 0. The van der Waals surface area contributed by atoms with Crippen molar-refractivity contribution in [2.75, 3.05) is 12.3 Å². The monoisotopic (exact) mass is 274 g/mol. The van der Waals surface area contributed by atoms with Crippen LogP contribution in [-0.4, -0.2) is 6.54 Å². The Kier molecular flexibility index (Phi) is 5.09. The number of nitrogen functional groups attached to an aromatic ring is 1. The van der Waals surface area contributed by atoms with E-state index in [9.17, 15) is 0 Å². The Morgan fingerprint density at radius 2 is 1.95 bits per heavy atom. The minimum Gasteiger partial charge on any atom is -0.399 e. The van der Waals surface area contributed by atoms with Gasteiger partial charge in [-0.3, -0.25) is 0 Å². The number of hydrogen-bond acceptors (Lipinski definition) is 2. The molecule has 1 aromatic rings. The van der Waals surface area contributed by atoms with Crippen LogP contribution in [0.2, 0.25) is 0 Å². The molecular formula is C18H30N2. The summed E-state index contributed by atoms with van der Waals surface area (Å²) in [6, 6.07) is 6.22. The SMILES string of the molecule is Cc1c(N)cccc1CNCC1(CC(C)C)CCCC1. The van der Waals surface area contributed by atoms with Crippen LogP contribution in [-0.2, 0) is 6.54 Å². The molecule has 2 nitrogen and oxygen atoms in total. The van der Waals surface area contributed by atoms with Gasteiger partial charge < -0.3 is 11.1 Å². The van der Waals surface area contributed by atoms with Gasteiger partial charge in [0.1, 0.15) is 0 Å². The molecule has 0 aliphatic heterocycles. The minimum absolute atomic E-state index is 0.544. The van der Waals surface area contributed by atoms with Gasteiger partial charge >= 0.3 is 0 Å². The van der Waals surface area contributed by atoms with Crippen molar-refractivity contribution in [3.05, 3.63) is 29.3 Å². The zero-order valence-electron chi connectivity index (χ0n) is 13.3. The van der Waals surface area contributed by atoms with E-state index < -0.39 is 0 Å². The first-order valence-corrected chi connectivity index (χ1v) is 8.07. The molecule has 0 saturated heterocycles. The van der Waals surface area contributed by atoms with Crippen molar-refractivity contribution in [1.82, 2.24) is 5.32 Å². The second-order valence-corrected chi connectivity index (χ2v) is 7.04. The molecule has 0 radical (unpaired) electrons. The lowest BCUT2D eigenvalue weighted by Gasteiger charge is -2.31. The molecule has 0 spiro atoms. The average molecular weight is 274 g/mol. The molecule has 2 heteroatoms. The smallest absolute Gasteiger partial charge is 0.0346 e. The molecule has 0 heterocycles. The van der Waals surface area contributed by atoms with Crippen molar-refractivity contribution in [3.8, 4) is 0 Å². The van der Waals surface area contributed by atoms with E-state index in [0.717, 1.165) is 24.7 Å². The Balaban J connectivity index is 1.92. The van der Waals surface area contributed by atoms with E-state index in [1.165, 1.54) is 43.2 Å². The summed E-state index contributed by atoms with van der Waals surface area (Å²) < 4.78 is 0. The summed E-state index contributed by atoms with van der Waals surface area (Å²) in [5.41, 5.74) is 9.99. The van der Waals surface area contributed by atoms with Crippen LogP contribution < -0.4 is 11.1 Å². The Labute approximate surface area is 124 Å². The Bertz CT molecular complexity index is 431. The molecule has 112 valence electrons. The normalized spacial score (nSPS) is 17.8. The zero-order chi connectivity index (χ0) is 14.6. The number of anilines is 1. The number of hydrogen-bond donors (Lipinski definition) is 2. The van der Waals surface area contributed by atoms with Crippen LogP contribution in [0.25, 0.3) is 0 Å². The van der Waals surface area contributed by atoms with Gasteiger partial charge in [0, 0.05) is 18.8 Å². The molecule has 0 amide bonds. The predicted octanol–water partition coefficient (Wildman–Crippen LogP) is 4.27. The van der Waals surface area contributed by atoms with Crippen molar-refractivity contribution < 1.29 is 0 Å². The van der Waals surface area contributed by atoms with Gasteiger partial charge in [0.15, 0.2) is 0 Å². The highest BCUT2D eigenvalue weighted by Gasteiger charge is 2.33. The van der Waals surface area contributed by atoms with E-state index >= 15 is 0 Å². The molecule has 0 unspecified atom stereocenters. The number of rotatable bonds is 6. The third-order valence-corrected chi connectivity index (χ3v) is 4.81. The van der Waals surface area contributed by atoms with E-state index in [0.29, 0.717) is 5.41 Å². The molecule has 1 saturated carbocycles. The molecule has 1 aliphatic carbocycles. The standard InChI is InChI=1S/C18H30N2/c1-14(2)11-18(9-4-5-10-18)13-20-12-16-7-6-8-17(19)15(16)3/h6-8,14,20H,4-5,9-13,19H2,1-3H3. The summed E-state index contributed by atoms with van der Waals surface area (Å²) >= 11 is 0. The molecule has 2 rings (SSSR count). The zero-order valence-corrected chi connectivity index (χ0v) is 13.3. The van der Waals surface area contributed by atoms with Crippen LogP contribution in [0.5, 0.6) is 0 Å². The highest BCUT2D eigenvalue weighted by Crippen LogP contribution is 2.42. The third-order valence-electron chi connectivity index (χ3n) is 4.81. The van der Waals surface area contributed by atoms with Crippen LogP contribution in [0.1, 0.15) is 57.1 Å². The van der Waals surface area contributed by atoms with Gasteiger partial charge in [-0.25, -0.2) is 0 Å². The van der Waals surface area contributed by atoms with E-state index in [4.69, 9.17) is 5.73 Å². The summed E-state index contributed by atoms with van der Waals surface area (Å²) in [7, 11) is 0. The number of benzene rings is 1. The first kappa shape index (κ1) is 15.4. The van der Waals surface area contributed by atoms with E-state index in [2.05, 4.69) is 38.2 Å². The largest absolute Gasteiger partial charge is 0.399 e. The van der Waals surface area contributed by atoms with Crippen LogP contribution >= 0.6 is 0 Å². The lowest BCUT2D eigenvalue weighted by atomic mass is 9.78. The Hall–Kier alpha value is -1.02. The van der Waals surface area contributed by atoms with Gasteiger partial charge in [-0.15, -0.1) is 0 Å². The van der Waals surface area contributed by atoms with Crippen LogP contribution in [0.15, 0.2) is 18.2 Å². The van der Waals surface area contributed by atoms with Gasteiger partial charge in [0.25, 0.3) is 0 Å². The fourth-order valence-corrected chi connectivity index (χ4v) is 3.80. The molecular weight excluding hydrogens is 244 g/mol. The van der Waals surface area contributed by atoms with E-state index in [1.54, 1.807) is 0 Å². The second kappa shape index (κ2) is 6.62. The first-order chi connectivity index (χ1) is 9.52. The predicted molar refractivity (Wildman–Crippen MR) is 87.7 cm³/mol. The molecule has 1 fully saturated rings. The summed E-state index contributed by atoms with van der Waals surface area (Å²) in [5, 5.41) is 3.70. The topological polar surface area (TPSA) is 38.0 Å². The van der Waals surface area contributed by atoms with Gasteiger partial charge in [-0.1, -0.05) is 38.8 Å². The summed E-state index contributed by atoms with van der Waals surface area (Å²) in [6.07, 6.45) is 6.97. The third kappa shape index (κ3) is 3.76. The lowest BCUT2D eigenvalue weighted by Crippen LogP contribution is -2.33. The maximum atomic E-state index is 5.98. The molecule has 0 bridgehead atoms. The molecule has 0 atom stereocenters. The highest BCUT2D eigenvalue weighted by molar-refractivity contribution is 5.49. The second-order valence-electron chi connectivity index (χ2n) is 7.04. The summed E-state index contributed by atoms with van der Waals surface area (Å²) in [6.45, 7) is 8.91. The van der Waals surface area contributed by atoms with Gasteiger partial charge in [0.2, 0.25) is 0 Å². The maximum absolute atomic E-state index is 5.98. The fraction of sp³-hybridized carbons (Fsp3) is 0.667. The molecule has 1 aliphatic rings. The quantitative estimate of drug-likeness (QED) is 0.760. The van der Waals surface area contributed by atoms with Crippen molar-refractivity contribution in [3.63, 3.8) is 0 Å². The number of nitrogens with one attached hydrogen (secondary N) is 1. The van der Waals surface area contributed by atoms with E-state index in [1.807, 2.05) is 6.07 Å². The lowest BCUT2D eigenvalue weighted by molar-refractivity contribution is 0.223. The molecule has 3 N–H and O–H groups in total. The molecule has 0 aromatic heterocycles. The van der Waals surface area contributed by atoms with Crippen molar-refractivity contribution >= 4 is 5.69 Å². The van der Waals surface area contributed by atoms with Gasteiger partial charge in [-0.05, 0) is 54.7 Å². The molecule has 1 aromatic carbocycles. The maximum Gasteiger partial charge on any atom is 0.0346 e. The fourth-order valence-electron chi connectivity index (χ4n) is 3.80. The summed E-state index contributed by atoms with van der Waals surface area (Å²) in [5.74, 6) is 0.795. The average Bonchev–Trinajstić information content (AvgIpc) is 2.82. The number of nitrogens with two attached hydrogens (primary N) is 1. The highest BCUT2D eigenvalue weighted by atomic mass is 14.9. The van der Waals surface area contributed by atoms with Crippen molar-refractivity contribution in [1.29, 1.82) is 0 Å². The van der Waals surface area contributed by atoms with E-state index in [-0.39, 0.29) is 0 Å². The first-order valence-electron chi connectivity index (χ1n) is 8.07. The van der Waals surface area contributed by atoms with Crippen LogP contribution in [0.4, 0.5) is 5.69 Å². The Morgan fingerprint density at radius 3 is 2.60 bits per heavy atom. The molecule has 20 heavy (non-hydrogen) atoms.